The fraction of sp³-hybridized carbons (Fsp3) is 0.200. The monoisotopic (exact) mass is 287 g/mol. The van der Waals surface area contributed by atoms with Crippen LogP contribution in [0.3, 0.4) is 0 Å². The molecule has 78 valence electrons. The number of ketones is 1. The molecule has 0 atom stereocenters. The van der Waals surface area contributed by atoms with Crippen molar-refractivity contribution in [1.29, 1.82) is 0 Å². The minimum Gasteiger partial charge on any atom is -0.303 e. The van der Waals surface area contributed by atoms with Crippen molar-refractivity contribution in [1.82, 2.24) is 0 Å². The smallest absolute Gasteiger partial charge is 0.234 e. The van der Waals surface area contributed by atoms with Gasteiger partial charge in [-0.25, -0.2) is 0 Å². The molecule has 1 aromatic carbocycles. The van der Waals surface area contributed by atoms with E-state index < -0.39 is 0 Å². The first-order valence-corrected chi connectivity index (χ1v) is 5.52. The second kappa shape index (κ2) is 3.94. The Morgan fingerprint density at radius 3 is 2.60 bits per heavy atom. The van der Waals surface area contributed by atoms with Crippen LogP contribution in [0.1, 0.15) is 6.42 Å². The lowest BCUT2D eigenvalue weighted by Gasteiger charge is -2.16. The zero-order valence-corrected chi connectivity index (χ0v) is 10.0. The van der Waals surface area contributed by atoms with Gasteiger partial charge in [0.05, 0.1) is 23.7 Å². The highest BCUT2D eigenvalue weighted by Gasteiger charge is 2.29. The molecule has 0 N–H and O–H groups in total. The molecule has 2 rings (SSSR count). The molecule has 0 aromatic heterocycles. The van der Waals surface area contributed by atoms with Crippen LogP contribution >= 0.6 is 27.5 Å². The predicted molar refractivity (Wildman–Crippen MR) is 61.1 cm³/mol. The largest absolute Gasteiger partial charge is 0.303 e. The van der Waals surface area contributed by atoms with Crippen LogP contribution in [0.4, 0.5) is 5.69 Å². The van der Waals surface area contributed by atoms with E-state index in [1.54, 1.807) is 18.2 Å². The first kappa shape index (κ1) is 10.6. The second-order valence-electron chi connectivity index (χ2n) is 3.29. The summed E-state index contributed by atoms with van der Waals surface area (Å²) in [5, 5.41) is 0.465. The number of hydrogen-bond acceptors (Lipinski definition) is 2. The highest BCUT2D eigenvalue weighted by Crippen LogP contribution is 2.30. The van der Waals surface area contributed by atoms with Gasteiger partial charge in [-0.05, 0) is 18.2 Å². The number of hydrogen-bond donors (Lipinski definition) is 0. The second-order valence-corrected chi connectivity index (χ2v) is 4.61. The highest BCUT2D eigenvalue weighted by atomic mass is 79.9. The molecule has 5 heteroatoms. The fourth-order valence-electron chi connectivity index (χ4n) is 1.50. The third-order valence-electron chi connectivity index (χ3n) is 2.18. The molecule has 1 aromatic rings. The number of anilines is 1. The SMILES string of the molecule is O=C1CC(=O)N(c2ccc(Br)cc2Cl)C1. The summed E-state index contributed by atoms with van der Waals surface area (Å²) >= 11 is 9.26. The number of benzene rings is 1. The molecule has 1 amide bonds. The molecule has 15 heavy (non-hydrogen) atoms. The summed E-state index contributed by atoms with van der Waals surface area (Å²) in [7, 11) is 0. The molecule has 0 aliphatic carbocycles. The Bertz CT molecular complexity index is 447. The van der Waals surface area contributed by atoms with E-state index in [4.69, 9.17) is 11.6 Å². The zero-order chi connectivity index (χ0) is 11.0. The van der Waals surface area contributed by atoms with E-state index >= 15 is 0 Å². The van der Waals surface area contributed by atoms with Gasteiger partial charge >= 0.3 is 0 Å². The van der Waals surface area contributed by atoms with Crippen LogP contribution < -0.4 is 4.90 Å². The average molecular weight is 289 g/mol. The molecule has 1 heterocycles. The Morgan fingerprint density at radius 2 is 2.07 bits per heavy atom. The number of carbonyl (C=O) groups is 2. The van der Waals surface area contributed by atoms with Crippen molar-refractivity contribution in [3.05, 3.63) is 27.7 Å². The van der Waals surface area contributed by atoms with Gasteiger partial charge in [-0.2, -0.15) is 0 Å². The van der Waals surface area contributed by atoms with E-state index in [0.29, 0.717) is 10.7 Å². The summed E-state index contributed by atoms with van der Waals surface area (Å²) in [4.78, 5) is 24.0. The number of Topliss-reactive ketones (excluding diaryl/α,β-unsaturated/α-hetero) is 1. The van der Waals surface area contributed by atoms with Gasteiger partial charge in [-0.3, -0.25) is 9.59 Å². The molecule has 0 radical (unpaired) electrons. The minimum absolute atomic E-state index is 0.0214. The number of halogens is 2. The van der Waals surface area contributed by atoms with Crippen LogP contribution in [0.2, 0.25) is 5.02 Å². The van der Waals surface area contributed by atoms with Crippen LogP contribution in [-0.4, -0.2) is 18.2 Å². The van der Waals surface area contributed by atoms with Gasteiger partial charge in [0.25, 0.3) is 0 Å². The summed E-state index contributed by atoms with van der Waals surface area (Å²) in [6.07, 6.45) is -0.0214. The number of rotatable bonds is 1. The van der Waals surface area contributed by atoms with Gasteiger partial charge in [-0.1, -0.05) is 27.5 Å². The van der Waals surface area contributed by atoms with Gasteiger partial charge in [0, 0.05) is 4.47 Å². The molecule has 0 spiro atoms. The highest BCUT2D eigenvalue weighted by molar-refractivity contribution is 9.10. The maximum atomic E-state index is 11.5. The van der Waals surface area contributed by atoms with Crippen LogP contribution in [-0.2, 0) is 9.59 Å². The van der Waals surface area contributed by atoms with Gasteiger partial charge < -0.3 is 4.90 Å². The Kier molecular flexibility index (Phi) is 2.80. The van der Waals surface area contributed by atoms with E-state index in [1.165, 1.54) is 4.90 Å². The van der Waals surface area contributed by atoms with Gasteiger partial charge in [-0.15, -0.1) is 0 Å². The van der Waals surface area contributed by atoms with Crippen molar-refractivity contribution in [2.24, 2.45) is 0 Å². The van der Waals surface area contributed by atoms with Crippen molar-refractivity contribution in [2.45, 2.75) is 6.42 Å². The molecular weight excluding hydrogens is 281 g/mol. The number of carbonyl (C=O) groups excluding carboxylic acids is 2. The molecule has 0 unspecified atom stereocenters. The summed E-state index contributed by atoms with van der Waals surface area (Å²) < 4.78 is 0.842. The fourth-order valence-corrected chi connectivity index (χ4v) is 2.28. The van der Waals surface area contributed by atoms with Gasteiger partial charge in [0.1, 0.15) is 0 Å². The third-order valence-corrected chi connectivity index (χ3v) is 2.98. The van der Waals surface area contributed by atoms with E-state index in [0.717, 1.165) is 4.47 Å². The van der Waals surface area contributed by atoms with Crippen molar-refractivity contribution in [3.8, 4) is 0 Å². The van der Waals surface area contributed by atoms with Crippen LogP contribution in [0.15, 0.2) is 22.7 Å². The first-order valence-electron chi connectivity index (χ1n) is 4.35. The van der Waals surface area contributed by atoms with Crippen molar-refractivity contribution in [3.63, 3.8) is 0 Å². The topological polar surface area (TPSA) is 37.4 Å². The van der Waals surface area contributed by atoms with E-state index in [9.17, 15) is 9.59 Å². The van der Waals surface area contributed by atoms with Crippen LogP contribution in [0.25, 0.3) is 0 Å². The lowest BCUT2D eigenvalue weighted by molar-refractivity contribution is -0.121. The molecule has 1 fully saturated rings. The molecule has 1 aliphatic heterocycles. The Hall–Kier alpha value is -0.870. The van der Waals surface area contributed by atoms with Crippen molar-refractivity contribution < 1.29 is 9.59 Å². The lowest BCUT2D eigenvalue weighted by atomic mass is 10.3. The standard InChI is InChI=1S/C10H7BrClNO2/c11-6-1-2-9(8(12)3-6)13-5-7(14)4-10(13)15/h1-3H,4-5H2. The Labute approximate surface area is 100 Å². The van der Waals surface area contributed by atoms with Gasteiger partial charge in [0.2, 0.25) is 5.91 Å². The number of nitrogens with zero attached hydrogens (tertiary/aromatic N) is 1. The first-order chi connectivity index (χ1) is 7.08. The maximum absolute atomic E-state index is 11.5. The summed E-state index contributed by atoms with van der Waals surface area (Å²) in [5.41, 5.74) is 0.593. The summed E-state index contributed by atoms with van der Waals surface area (Å²) in [6.45, 7) is 0.125. The van der Waals surface area contributed by atoms with E-state index in [2.05, 4.69) is 15.9 Å². The predicted octanol–water partition coefficient (Wildman–Crippen LogP) is 2.41. The molecule has 1 saturated heterocycles. The van der Waals surface area contributed by atoms with E-state index in [-0.39, 0.29) is 24.7 Å². The Balaban J connectivity index is 2.38. The van der Waals surface area contributed by atoms with Gasteiger partial charge in [0.15, 0.2) is 5.78 Å². The lowest BCUT2D eigenvalue weighted by Crippen LogP contribution is -2.24. The molecular formula is C10H7BrClNO2. The van der Waals surface area contributed by atoms with Crippen LogP contribution in [0.5, 0.6) is 0 Å². The summed E-state index contributed by atoms with van der Waals surface area (Å²) in [6, 6.07) is 5.22. The van der Waals surface area contributed by atoms with Crippen LogP contribution in [0, 0.1) is 0 Å². The molecule has 3 nitrogen and oxygen atoms in total. The molecule has 1 aliphatic rings. The minimum atomic E-state index is -0.191. The molecule has 0 saturated carbocycles. The summed E-state index contributed by atoms with van der Waals surface area (Å²) in [5.74, 6) is -0.261. The zero-order valence-electron chi connectivity index (χ0n) is 7.67. The van der Waals surface area contributed by atoms with E-state index in [1.807, 2.05) is 0 Å². The average Bonchev–Trinajstić information content (AvgIpc) is 2.45. The quantitative estimate of drug-likeness (QED) is 0.744. The Morgan fingerprint density at radius 1 is 1.33 bits per heavy atom. The van der Waals surface area contributed by atoms with Crippen molar-refractivity contribution in [2.75, 3.05) is 11.4 Å². The number of amides is 1. The maximum Gasteiger partial charge on any atom is 0.234 e. The normalized spacial score (nSPS) is 16.3. The third kappa shape index (κ3) is 2.06. The van der Waals surface area contributed by atoms with Crippen molar-refractivity contribution >= 4 is 44.9 Å². The molecule has 0 bridgehead atoms.